The fourth-order valence-corrected chi connectivity index (χ4v) is 6.54. The number of ether oxygens (including phenoxy) is 2. The van der Waals surface area contributed by atoms with Crippen LogP contribution in [-0.4, -0.2) is 73.6 Å². The summed E-state index contributed by atoms with van der Waals surface area (Å²) in [6, 6.07) is 5.54. The summed E-state index contributed by atoms with van der Waals surface area (Å²) in [6.45, 7) is 2.99. The molecule has 1 saturated carbocycles. The fraction of sp³-hybridized carbons (Fsp3) is 0.520. The molecule has 0 unspecified atom stereocenters. The van der Waals surface area contributed by atoms with Crippen LogP contribution >= 0.6 is 0 Å². The van der Waals surface area contributed by atoms with E-state index in [-0.39, 0.29) is 18.0 Å². The van der Waals surface area contributed by atoms with Crippen LogP contribution in [-0.2, 0) is 15.5 Å². The van der Waals surface area contributed by atoms with Gasteiger partial charge in [0.2, 0.25) is 0 Å². The molecule has 186 valence electrons. The van der Waals surface area contributed by atoms with Gasteiger partial charge in [0.15, 0.2) is 0 Å². The van der Waals surface area contributed by atoms with Gasteiger partial charge in [-0.2, -0.15) is 0 Å². The number of nitrogens with two attached hydrogens (primary N) is 1. The molecule has 6 rings (SSSR count). The molecule has 0 bridgehead atoms. The lowest BCUT2D eigenvalue weighted by Crippen LogP contribution is -2.50. The van der Waals surface area contributed by atoms with E-state index in [0.29, 0.717) is 40.7 Å². The molecule has 2 N–H and O–H groups in total. The first-order valence-electron chi connectivity index (χ1n) is 12.3. The molecule has 35 heavy (non-hydrogen) atoms. The van der Waals surface area contributed by atoms with Crippen LogP contribution in [0.15, 0.2) is 30.7 Å². The molecule has 0 spiro atoms. The van der Waals surface area contributed by atoms with Gasteiger partial charge in [-0.1, -0.05) is 0 Å². The highest BCUT2D eigenvalue weighted by Gasteiger charge is 2.37. The first-order valence-corrected chi connectivity index (χ1v) is 13.8. The van der Waals surface area contributed by atoms with Crippen molar-refractivity contribution in [1.82, 2.24) is 19.4 Å². The Balaban J connectivity index is 1.28. The standard InChI is InChI=1S/C25H30FN5O3S/c26-22-4-3-18(34-14-19-2-1-7-33-19)12-20(22)21-13-31(25-23(21)24(27)28-15-29-25)17-10-16(11-17)30-5-8-35(32)9-6-30/h3-4,12-13,15-17,19H,1-2,5-11,14H2,(H2,27,28,29)/t16?,17?,19-/m0/s1. The van der Waals surface area contributed by atoms with Gasteiger partial charge < -0.3 is 19.8 Å². The molecule has 4 heterocycles. The Labute approximate surface area is 206 Å². The summed E-state index contributed by atoms with van der Waals surface area (Å²) >= 11 is 0. The van der Waals surface area contributed by atoms with Crippen LogP contribution in [0, 0.1) is 5.82 Å². The molecule has 3 aliphatic rings. The van der Waals surface area contributed by atoms with Crippen molar-refractivity contribution in [1.29, 1.82) is 0 Å². The second kappa shape index (κ2) is 9.48. The van der Waals surface area contributed by atoms with Gasteiger partial charge in [0, 0.05) is 71.4 Å². The van der Waals surface area contributed by atoms with Gasteiger partial charge in [-0.25, -0.2) is 14.4 Å². The lowest BCUT2D eigenvalue weighted by Gasteiger charge is -2.44. The van der Waals surface area contributed by atoms with E-state index < -0.39 is 10.8 Å². The van der Waals surface area contributed by atoms with Crippen LogP contribution < -0.4 is 10.5 Å². The Morgan fingerprint density at radius 1 is 1.17 bits per heavy atom. The maximum absolute atomic E-state index is 15.1. The molecule has 0 radical (unpaired) electrons. The number of nitrogen functional groups attached to an aromatic ring is 1. The van der Waals surface area contributed by atoms with Crippen molar-refractivity contribution in [2.24, 2.45) is 0 Å². The number of hydrogen-bond acceptors (Lipinski definition) is 7. The van der Waals surface area contributed by atoms with Crippen molar-refractivity contribution in [3.05, 3.63) is 36.5 Å². The van der Waals surface area contributed by atoms with Crippen LogP contribution in [0.3, 0.4) is 0 Å². The Hall–Kier alpha value is -2.56. The van der Waals surface area contributed by atoms with Gasteiger partial charge in [-0.3, -0.25) is 9.11 Å². The first-order chi connectivity index (χ1) is 17.1. The number of aromatic nitrogens is 3. The van der Waals surface area contributed by atoms with Crippen molar-refractivity contribution >= 4 is 27.7 Å². The predicted octanol–water partition coefficient (Wildman–Crippen LogP) is 3.15. The van der Waals surface area contributed by atoms with Gasteiger partial charge in [-0.15, -0.1) is 0 Å². The summed E-state index contributed by atoms with van der Waals surface area (Å²) in [4.78, 5) is 11.2. The van der Waals surface area contributed by atoms with Gasteiger partial charge in [-0.05, 0) is 43.9 Å². The Bertz CT molecular complexity index is 1250. The maximum Gasteiger partial charge on any atom is 0.146 e. The smallest absolute Gasteiger partial charge is 0.146 e. The third kappa shape index (κ3) is 4.43. The van der Waals surface area contributed by atoms with E-state index in [4.69, 9.17) is 15.2 Å². The molecule has 10 heteroatoms. The third-order valence-corrected chi connectivity index (χ3v) is 8.81. The third-order valence-electron chi connectivity index (χ3n) is 7.54. The molecule has 1 aliphatic carbocycles. The summed E-state index contributed by atoms with van der Waals surface area (Å²) in [5.41, 5.74) is 8.11. The summed E-state index contributed by atoms with van der Waals surface area (Å²) in [6.07, 6.45) is 7.49. The molecule has 2 saturated heterocycles. The average Bonchev–Trinajstić information content (AvgIpc) is 3.48. The lowest BCUT2D eigenvalue weighted by atomic mass is 9.85. The van der Waals surface area contributed by atoms with Crippen molar-refractivity contribution in [2.75, 3.05) is 43.5 Å². The molecular formula is C25H30FN5O3S. The van der Waals surface area contributed by atoms with Crippen LogP contribution in [0.2, 0.25) is 0 Å². The summed E-state index contributed by atoms with van der Waals surface area (Å²) < 4.78 is 40.5. The molecule has 1 atom stereocenters. The molecule has 3 fully saturated rings. The van der Waals surface area contributed by atoms with E-state index in [9.17, 15) is 4.21 Å². The monoisotopic (exact) mass is 499 g/mol. The number of anilines is 1. The van der Waals surface area contributed by atoms with Crippen molar-refractivity contribution in [3.8, 4) is 16.9 Å². The zero-order valence-electron chi connectivity index (χ0n) is 19.6. The summed E-state index contributed by atoms with van der Waals surface area (Å²) in [5.74, 6) is 2.10. The van der Waals surface area contributed by atoms with Crippen LogP contribution in [0.25, 0.3) is 22.2 Å². The lowest BCUT2D eigenvalue weighted by molar-refractivity contribution is 0.0679. The van der Waals surface area contributed by atoms with E-state index >= 15 is 4.39 Å². The number of rotatable bonds is 6. The van der Waals surface area contributed by atoms with Crippen LogP contribution in [0.5, 0.6) is 5.75 Å². The first kappa shape index (κ1) is 22.9. The van der Waals surface area contributed by atoms with Crippen LogP contribution in [0.4, 0.5) is 10.2 Å². The molecule has 3 aromatic rings. The minimum atomic E-state index is -0.677. The van der Waals surface area contributed by atoms with Crippen LogP contribution in [0.1, 0.15) is 31.7 Å². The summed E-state index contributed by atoms with van der Waals surface area (Å²) in [5, 5.41) is 0.666. The second-order valence-electron chi connectivity index (χ2n) is 9.66. The highest BCUT2D eigenvalue weighted by atomic mass is 32.2. The van der Waals surface area contributed by atoms with E-state index in [0.717, 1.165) is 62.5 Å². The molecule has 2 aliphatic heterocycles. The number of halogens is 1. The quantitative estimate of drug-likeness (QED) is 0.557. The minimum absolute atomic E-state index is 0.0842. The normalized spacial score (nSPS) is 25.7. The SMILES string of the molecule is Nc1ncnc2c1c(-c1cc(OC[C@@H]3CCCO3)ccc1F)cn2C1CC(N2CCS(=O)CC2)C1. The second-order valence-corrected chi connectivity index (χ2v) is 11.4. The molecular weight excluding hydrogens is 469 g/mol. The Kier molecular flexibility index (Phi) is 6.19. The number of hydrogen-bond donors (Lipinski definition) is 1. The zero-order chi connectivity index (χ0) is 23.9. The molecule has 2 aromatic heterocycles. The van der Waals surface area contributed by atoms with Crippen molar-refractivity contribution < 1.29 is 18.1 Å². The van der Waals surface area contributed by atoms with E-state index in [1.165, 1.54) is 12.4 Å². The number of benzene rings is 1. The average molecular weight is 500 g/mol. The largest absolute Gasteiger partial charge is 0.491 e. The number of nitrogens with zero attached hydrogens (tertiary/aromatic N) is 4. The van der Waals surface area contributed by atoms with Crippen molar-refractivity contribution in [2.45, 2.75) is 43.9 Å². The summed E-state index contributed by atoms with van der Waals surface area (Å²) in [7, 11) is -0.677. The highest BCUT2D eigenvalue weighted by Crippen LogP contribution is 2.42. The van der Waals surface area contributed by atoms with Gasteiger partial charge in [0.05, 0.1) is 11.5 Å². The van der Waals surface area contributed by atoms with Gasteiger partial charge >= 0.3 is 0 Å². The van der Waals surface area contributed by atoms with E-state index in [1.54, 1.807) is 12.1 Å². The van der Waals surface area contributed by atoms with Gasteiger partial charge in [0.1, 0.15) is 36.0 Å². The predicted molar refractivity (Wildman–Crippen MR) is 133 cm³/mol. The Morgan fingerprint density at radius 3 is 2.77 bits per heavy atom. The van der Waals surface area contributed by atoms with Gasteiger partial charge in [0.25, 0.3) is 0 Å². The minimum Gasteiger partial charge on any atom is -0.491 e. The fourth-order valence-electron chi connectivity index (χ4n) is 5.46. The number of fused-ring (bicyclic) bond motifs is 1. The molecule has 8 nitrogen and oxygen atoms in total. The topological polar surface area (TPSA) is 95.5 Å². The zero-order valence-corrected chi connectivity index (χ0v) is 20.4. The Morgan fingerprint density at radius 2 is 2.00 bits per heavy atom. The molecule has 1 aromatic carbocycles. The highest BCUT2D eigenvalue weighted by molar-refractivity contribution is 7.85. The van der Waals surface area contributed by atoms with E-state index in [1.807, 2.05) is 6.20 Å². The van der Waals surface area contributed by atoms with Crippen molar-refractivity contribution in [3.63, 3.8) is 0 Å². The maximum atomic E-state index is 15.1. The molecule has 0 amide bonds. The van der Waals surface area contributed by atoms with E-state index in [2.05, 4.69) is 19.4 Å².